The van der Waals surface area contributed by atoms with Crippen LogP contribution in [0.3, 0.4) is 0 Å². The summed E-state index contributed by atoms with van der Waals surface area (Å²) in [5, 5.41) is 13.1. The molecule has 0 aliphatic heterocycles. The van der Waals surface area contributed by atoms with Gasteiger partial charge in [-0.1, -0.05) is 45.2 Å². The van der Waals surface area contributed by atoms with Crippen molar-refractivity contribution in [2.24, 2.45) is 5.92 Å². The van der Waals surface area contributed by atoms with Crippen LogP contribution in [-0.4, -0.2) is 20.2 Å². The molecule has 0 bridgehead atoms. The Kier molecular flexibility index (Phi) is 7.03. The number of aryl methyl sites for hydroxylation is 1. The average Bonchev–Trinajstić information content (AvgIpc) is 3.53. The Labute approximate surface area is 227 Å². The fourth-order valence-electron chi connectivity index (χ4n) is 4.68. The molecular formula is C33H32FN5. The molecule has 0 unspecified atom stereocenters. The van der Waals surface area contributed by atoms with Gasteiger partial charge >= 0.3 is 0 Å². The minimum absolute atomic E-state index is 0.263. The van der Waals surface area contributed by atoms with E-state index < -0.39 is 0 Å². The highest BCUT2D eigenvalue weighted by Crippen LogP contribution is 2.35. The Balaban J connectivity index is 1.57. The van der Waals surface area contributed by atoms with Gasteiger partial charge in [0.1, 0.15) is 11.5 Å². The number of allylic oxidation sites excluding steroid dienone is 5. The predicted molar refractivity (Wildman–Crippen MR) is 160 cm³/mol. The van der Waals surface area contributed by atoms with Crippen molar-refractivity contribution in [2.75, 3.05) is 0 Å². The molecule has 0 radical (unpaired) electrons. The molecule has 5 rings (SSSR count). The standard InChI is InChI=1S/C33H32FN5/c1-7-22(14-26(8-2)36-21(6)19(3)4)23-9-10-30-28(15-23)33(39-38-30)31-16-27-29(17-35-18-32(27)37-31)24-11-20(5)12-25(34)13-24/h7-19,36-37H,2,6H2,1,3-5H3,(H,38,39)/b22-7+,26-14+. The van der Waals surface area contributed by atoms with Gasteiger partial charge in [0.05, 0.1) is 22.9 Å². The number of fused-ring (bicyclic) bond motifs is 2. The minimum Gasteiger partial charge on any atom is -0.359 e. The fourth-order valence-corrected chi connectivity index (χ4v) is 4.68. The second-order valence-electron chi connectivity index (χ2n) is 10.0. The molecule has 39 heavy (non-hydrogen) atoms. The number of aromatic nitrogens is 4. The van der Waals surface area contributed by atoms with Gasteiger partial charge in [-0.2, -0.15) is 5.10 Å². The molecule has 0 atom stereocenters. The third-order valence-electron chi connectivity index (χ3n) is 6.89. The Morgan fingerprint density at radius 2 is 1.87 bits per heavy atom. The number of rotatable bonds is 8. The van der Waals surface area contributed by atoms with E-state index in [1.54, 1.807) is 24.5 Å². The van der Waals surface area contributed by atoms with E-state index in [1.165, 1.54) is 6.07 Å². The molecule has 0 saturated heterocycles. The third kappa shape index (κ3) is 5.18. The maximum atomic E-state index is 14.2. The summed E-state index contributed by atoms with van der Waals surface area (Å²) in [6, 6.07) is 13.3. The van der Waals surface area contributed by atoms with Crippen molar-refractivity contribution in [3.05, 3.63) is 115 Å². The van der Waals surface area contributed by atoms with Crippen LogP contribution in [0, 0.1) is 18.7 Å². The first-order valence-electron chi connectivity index (χ1n) is 13.0. The predicted octanol–water partition coefficient (Wildman–Crippen LogP) is 8.45. The van der Waals surface area contributed by atoms with Crippen molar-refractivity contribution in [1.29, 1.82) is 0 Å². The van der Waals surface area contributed by atoms with Gasteiger partial charge in [-0.05, 0) is 84.5 Å². The van der Waals surface area contributed by atoms with Gasteiger partial charge in [-0.25, -0.2) is 4.39 Å². The number of H-pyrrole nitrogens is 2. The summed E-state index contributed by atoms with van der Waals surface area (Å²) in [4.78, 5) is 7.87. The van der Waals surface area contributed by atoms with E-state index in [9.17, 15) is 4.39 Å². The van der Waals surface area contributed by atoms with Crippen LogP contribution in [-0.2, 0) is 0 Å². The van der Waals surface area contributed by atoms with E-state index in [-0.39, 0.29) is 5.82 Å². The molecule has 0 spiro atoms. The number of aromatic amines is 2. The van der Waals surface area contributed by atoms with Gasteiger partial charge < -0.3 is 10.3 Å². The number of nitrogens with zero attached hydrogens (tertiary/aromatic N) is 2. The van der Waals surface area contributed by atoms with E-state index in [4.69, 9.17) is 0 Å². The van der Waals surface area contributed by atoms with Gasteiger partial charge in [0.25, 0.3) is 0 Å². The maximum absolute atomic E-state index is 14.2. The van der Waals surface area contributed by atoms with Gasteiger partial charge in [0.15, 0.2) is 0 Å². The van der Waals surface area contributed by atoms with Crippen molar-refractivity contribution in [3.8, 4) is 22.5 Å². The lowest BCUT2D eigenvalue weighted by Gasteiger charge is -2.14. The lowest BCUT2D eigenvalue weighted by molar-refractivity contribution is 0.627. The summed E-state index contributed by atoms with van der Waals surface area (Å²) in [6.07, 6.45) is 9.51. The Bertz CT molecular complexity index is 1760. The quantitative estimate of drug-likeness (QED) is 0.181. The number of pyridine rings is 1. The molecule has 3 N–H and O–H groups in total. The summed E-state index contributed by atoms with van der Waals surface area (Å²) >= 11 is 0. The van der Waals surface area contributed by atoms with E-state index in [0.717, 1.165) is 72.4 Å². The van der Waals surface area contributed by atoms with Crippen LogP contribution >= 0.6 is 0 Å². The highest BCUT2D eigenvalue weighted by Gasteiger charge is 2.15. The smallest absolute Gasteiger partial charge is 0.124 e. The van der Waals surface area contributed by atoms with Gasteiger partial charge in [0, 0.05) is 33.9 Å². The van der Waals surface area contributed by atoms with Crippen LogP contribution in [0.5, 0.6) is 0 Å². The molecule has 0 aliphatic carbocycles. The fraction of sp³-hybridized carbons (Fsp3) is 0.152. The molecule has 3 aromatic heterocycles. The zero-order chi connectivity index (χ0) is 27.7. The van der Waals surface area contributed by atoms with Crippen molar-refractivity contribution < 1.29 is 4.39 Å². The topological polar surface area (TPSA) is 69.4 Å². The monoisotopic (exact) mass is 517 g/mol. The summed E-state index contributed by atoms with van der Waals surface area (Å²) in [7, 11) is 0. The summed E-state index contributed by atoms with van der Waals surface area (Å²) in [5.74, 6) is 0.0463. The minimum atomic E-state index is -0.263. The molecule has 0 fully saturated rings. The van der Waals surface area contributed by atoms with Gasteiger partial charge in [0.2, 0.25) is 0 Å². The molecule has 196 valence electrons. The largest absolute Gasteiger partial charge is 0.359 e. The second kappa shape index (κ2) is 10.6. The number of hydrogen-bond donors (Lipinski definition) is 3. The second-order valence-corrected chi connectivity index (χ2v) is 10.0. The van der Waals surface area contributed by atoms with E-state index in [2.05, 4.69) is 82.8 Å². The number of nitrogens with one attached hydrogen (secondary N) is 3. The van der Waals surface area contributed by atoms with Crippen molar-refractivity contribution in [3.63, 3.8) is 0 Å². The molecule has 0 aliphatic rings. The molecule has 2 aromatic carbocycles. The van der Waals surface area contributed by atoms with Crippen molar-refractivity contribution in [1.82, 2.24) is 25.5 Å². The molecule has 0 amide bonds. The van der Waals surface area contributed by atoms with E-state index in [1.807, 2.05) is 26.0 Å². The van der Waals surface area contributed by atoms with Gasteiger partial charge in [-0.3, -0.25) is 10.1 Å². The first-order valence-corrected chi connectivity index (χ1v) is 13.0. The van der Waals surface area contributed by atoms with Crippen LogP contribution in [0.15, 0.2) is 97.6 Å². The molecule has 5 nitrogen and oxygen atoms in total. The molecule has 5 aromatic rings. The Hall–Kier alpha value is -4.71. The molecular weight excluding hydrogens is 485 g/mol. The third-order valence-corrected chi connectivity index (χ3v) is 6.89. The van der Waals surface area contributed by atoms with Crippen LogP contribution < -0.4 is 5.32 Å². The average molecular weight is 518 g/mol. The summed E-state index contributed by atoms with van der Waals surface area (Å²) < 4.78 is 14.2. The SMILES string of the molecule is C=C/C(=C\C(=C/C)c1ccc2[nH]nc(-c3cc4c(-c5cc(C)cc(F)c5)cncc4[nH]3)c2c1)NC(=C)C(C)C. The van der Waals surface area contributed by atoms with Crippen molar-refractivity contribution >= 4 is 27.4 Å². The molecule has 6 heteroatoms. The van der Waals surface area contributed by atoms with E-state index in [0.29, 0.717) is 5.92 Å². The highest BCUT2D eigenvalue weighted by molar-refractivity contribution is 6.01. The normalized spacial score (nSPS) is 12.5. The van der Waals surface area contributed by atoms with Crippen LogP contribution in [0.1, 0.15) is 31.9 Å². The van der Waals surface area contributed by atoms with Gasteiger partial charge in [-0.15, -0.1) is 0 Å². The maximum Gasteiger partial charge on any atom is 0.124 e. The van der Waals surface area contributed by atoms with E-state index >= 15 is 0 Å². The highest BCUT2D eigenvalue weighted by atomic mass is 19.1. The Morgan fingerprint density at radius 3 is 2.59 bits per heavy atom. The van der Waals surface area contributed by atoms with Crippen molar-refractivity contribution in [2.45, 2.75) is 27.7 Å². The number of halogens is 1. The van der Waals surface area contributed by atoms with Crippen LogP contribution in [0.4, 0.5) is 4.39 Å². The number of hydrogen-bond acceptors (Lipinski definition) is 3. The lowest BCUT2D eigenvalue weighted by atomic mass is 10.0. The lowest BCUT2D eigenvalue weighted by Crippen LogP contribution is -2.14. The summed E-state index contributed by atoms with van der Waals surface area (Å²) in [6.45, 7) is 16.2. The summed E-state index contributed by atoms with van der Waals surface area (Å²) in [5.41, 5.74) is 9.90. The molecule has 0 saturated carbocycles. The zero-order valence-corrected chi connectivity index (χ0v) is 22.7. The first kappa shape index (κ1) is 25.9. The molecule has 3 heterocycles. The zero-order valence-electron chi connectivity index (χ0n) is 22.7. The first-order chi connectivity index (χ1) is 18.8. The number of benzene rings is 2. The Morgan fingerprint density at radius 1 is 1.05 bits per heavy atom. The van der Waals surface area contributed by atoms with Crippen LogP contribution in [0.2, 0.25) is 0 Å². The van der Waals surface area contributed by atoms with Crippen LogP contribution in [0.25, 0.3) is 49.9 Å².